The lowest BCUT2D eigenvalue weighted by molar-refractivity contribution is 0.152. The molecule has 0 fully saturated rings. The zero-order valence-electron chi connectivity index (χ0n) is 13.9. The number of amides is 1. The fraction of sp³-hybridized carbons (Fsp3) is 0.267. The second-order valence-corrected chi connectivity index (χ2v) is 4.31. The fourth-order valence-electron chi connectivity index (χ4n) is 1.63. The summed E-state index contributed by atoms with van der Waals surface area (Å²) < 4.78 is 20.4. The van der Waals surface area contributed by atoms with Crippen LogP contribution in [0.4, 0.5) is 4.79 Å². The van der Waals surface area contributed by atoms with Gasteiger partial charge in [0.2, 0.25) is 11.8 Å². The van der Waals surface area contributed by atoms with Crippen LogP contribution < -0.4 is 19.6 Å². The Balaban J connectivity index is 2.18. The van der Waals surface area contributed by atoms with Crippen molar-refractivity contribution < 1.29 is 23.7 Å². The first-order chi connectivity index (χ1) is 12.2. The van der Waals surface area contributed by atoms with E-state index in [1.54, 1.807) is 25.3 Å². The van der Waals surface area contributed by atoms with Crippen molar-refractivity contribution in [2.24, 2.45) is 5.10 Å². The summed E-state index contributed by atoms with van der Waals surface area (Å²) >= 11 is 0. The summed E-state index contributed by atoms with van der Waals surface area (Å²) in [5.41, 5.74) is 2.55. The third-order valence-corrected chi connectivity index (χ3v) is 2.70. The van der Waals surface area contributed by atoms with Gasteiger partial charge >= 0.3 is 12.1 Å². The third-order valence-electron chi connectivity index (χ3n) is 2.70. The van der Waals surface area contributed by atoms with Crippen LogP contribution in [0.3, 0.4) is 0 Å². The van der Waals surface area contributed by atoms with Gasteiger partial charge in [-0.3, -0.25) is 4.98 Å². The van der Waals surface area contributed by atoms with Crippen LogP contribution in [-0.2, 0) is 4.74 Å². The Kier molecular flexibility index (Phi) is 6.46. The summed E-state index contributed by atoms with van der Waals surface area (Å²) in [4.78, 5) is 23.5. The van der Waals surface area contributed by atoms with Crippen LogP contribution >= 0.6 is 0 Å². The van der Waals surface area contributed by atoms with E-state index in [0.29, 0.717) is 11.4 Å². The van der Waals surface area contributed by atoms with E-state index in [2.05, 4.69) is 25.5 Å². The van der Waals surface area contributed by atoms with Gasteiger partial charge < -0.3 is 18.9 Å². The Morgan fingerprint density at radius 2 is 2.00 bits per heavy atom. The largest absolute Gasteiger partial charge is 0.481 e. The van der Waals surface area contributed by atoms with Crippen molar-refractivity contribution in [1.29, 1.82) is 0 Å². The number of pyridine rings is 1. The Labute approximate surface area is 143 Å². The van der Waals surface area contributed by atoms with Crippen molar-refractivity contribution in [2.75, 3.05) is 20.8 Å². The average molecular weight is 347 g/mol. The molecule has 25 heavy (non-hydrogen) atoms. The van der Waals surface area contributed by atoms with Crippen molar-refractivity contribution in [3.8, 4) is 23.5 Å². The molecule has 2 heterocycles. The molecule has 0 unspecified atom stereocenters. The monoisotopic (exact) mass is 347 g/mol. The Morgan fingerprint density at radius 1 is 1.28 bits per heavy atom. The summed E-state index contributed by atoms with van der Waals surface area (Å²) in [6.07, 6.45) is 2.19. The maximum atomic E-state index is 11.2. The molecule has 0 radical (unpaired) electrons. The smallest absolute Gasteiger partial charge is 0.427 e. The molecule has 0 aliphatic rings. The fourth-order valence-corrected chi connectivity index (χ4v) is 1.63. The average Bonchev–Trinajstić information content (AvgIpc) is 2.63. The SMILES string of the molecule is CCOC(=O)N/N=C/c1ncccc1Oc1nc(OC)cc(OC)n1. The first kappa shape index (κ1) is 17.9. The number of rotatable bonds is 7. The number of carbonyl (C=O) groups is 1. The summed E-state index contributed by atoms with van der Waals surface area (Å²) in [7, 11) is 2.93. The minimum Gasteiger partial charge on any atom is -0.481 e. The number of nitrogens with one attached hydrogen (secondary N) is 1. The highest BCUT2D eigenvalue weighted by atomic mass is 16.6. The van der Waals surface area contributed by atoms with Crippen LogP contribution in [0.2, 0.25) is 0 Å². The van der Waals surface area contributed by atoms with Crippen LogP contribution in [-0.4, -0.2) is 48.1 Å². The Hall–Kier alpha value is -3.43. The van der Waals surface area contributed by atoms with Gasteiger partial charge in [0.1, 0.15) is 5.69 Å². The minimum atomic E-state index is -0.669. The van der Waals surface area contributed by atoms with E-state index in [0.717, 1.165) is 0 Å². The Morgan fingerprint density at radius 3 is 2.64 bits per heavy atom. The molecule has 132 valence electrons. The topological polar surface area (TPSA) is 117 Å². The summed E-state index contributed by atoms with van der Waals surface area (Å²) in [6, 6.07) is 4.84. The van der Waals surface area contributed by atoms with Gasteiger partial charge in [0.25, 0.3) is 0 Å². The van der Waals surface area contributed by atoms with Crippen LogP contribution in [0.1, 0.15) is 12.6 Å². The van der Waals surface area contributed by atoms with E-state index in [9.17, 15) is 4.79 Å². The maximum Gasteiger partial charge on any atom is 0.427 e. The van der Waals surface area contributed by atoms with E-state index in [1.165, 1.54) is 26.5 Å². The zero-order valence-corrected chi connectivity index (χ0v) is 13.9. The summed E-state index contributed by atoms with van der Waals surface area (Å²) in [5.74, 6) is 0.891. The van der Waals surface area contributed by atoms with Gasteiger partial charge in [-0.15, -0.1) is 0 Å². The van der Waals surface area contributed by atoms with Crippen LogP contribution in [0, 0.1) is 0 Å². The van der Waals surface area contributed by atoms with Crippen LogP contribution in [0.15, 0.2) is 29.5 Å². The highest BCUT2D eigenvalue weighted by Gasteiger charge is 2.10. The van der Waals surface area contributed by atoms with Gasteiger partial charge in [-0.05, 0) is 19.1 Å². The van der Waals surface area contributed by atoms with Gasteiger partial charge in [0.15, 0.2) is 5.75 Å². The Bertz CT molecular complexity index is 731. The zero-order chi connectivity index (χ0) is 18.1. The molecular weight excluding hydrogens is 330 g/mol. The van der Waals surface area contributed by atoms with Gasteiger partial charge in [-0.2, -0.15) is 15.1 Å². The van der Waals surface area contributed by atoms with Gasteiger partial charge in [-0.1, -0.05) is 0 Å². The molecule has 10 heteroatoms. The number of ether oxygens (including phenoxy) is 4. The van der Waals surface area contributed by atoms with Crippen molar-refractivity contribution in [2.45, 2.75) is 6.92 Å². The van der Waals surface area contributed by atoms with E-state index >= 15 is 0 Å². The highest BCUT2D eigenvalue weighted by molar-refractivity contribution is 5.81. The van der Waals surface area contributed by atoms with E-state index in [-0.39, 0.29) is 24.4 Å². The molecule has 0 saturated heterocycles. The lowest BCUT2D eigenvalue weighted by Crippen LogP contribution is -2.18. The van der Waals surface area contributed by atoms with Gasteiger partial charge in [0, 0.05) is 6.20 Å². The van der Waals surface area contributed by atoms with Gasteiger partial charge in [-0.25, -0.2) is 10.2 Å². The molecule has 2 aromatic heterocycles. The first-order valence-corrected chi connectivity index (χ1v) is 7.22. The molecule has 0 aliphatic carbocycles. The predicted octanol–water partition coefficient (Wildman–Crippen LogP) is 1.76. The molecular formula is C15H17N5O5. The third kappa shape index (κ3) is 5.30. The molecule has 0 bridgehead atoms. The van der Waals surface area contributed by atoms with Crippen molar-refractivity contribution in [1.82, 2.24) is 20.4 Å². The molecule has 2 rings (SSSR count). The van der Waals surface area contributed by atoms with Crippen molar-refractivity contribution in [3.63, 3.8) is 0 Å². The summed E-state index contributed by atoms with van der Waals surface area (Å²) in [6.45, 7) is 1.94. The standard InChI is InChI=1S/C15H17N5O5/c1-4-24-15(21)20-17-9-10-11(6-5-7-16-10)25-14-18-12(22-2)8-13(19-14)23-3/h5-9H,4H2,1-3H3,(H,20,21)/b17-9+. The van der Waals surface area contributed by atoms with Crippen molar-refractivity contribution in [3.05, 3.63) is 30.1 Å². The van der Waals surface area contributed by atoms with E-state index in [4.69, 9.17) is 18.9 Å². The number of hydrogen-bond acceptors (Lipinski definition) is 9. The number of carbonyl (C=O) groups excluding carboxylic acids is 1. The second-order valence-electron chi connectivity index (χ2n) is 4.31. The number of nitrogens with zero attached hydrogens (tertiary/aromatic N) is 4. The number of methoxy groups -OCH3 is 2. The quantitative estimate of drug-likeness (QED) is 0.595. The lowest BCUT2D eigenvalue weighted by Gasteiger charge is -2.08. The number of hydrazone groups is 1. The maximum absolute atomic E-state index is 11.2. The normalized spacial score (nSPS) is 10.4. The predicted molar refractivity (Wildman–Crippen MR) is 87.2 cm³/mol. The van der Waals surface area contributed by atoms with E-state index in [1.807, 2.05) is 0 Å². The molecule has 0 aromatic carbocycles. The molecule has 0 spiro atoms. The first-order valence-electron chi connectivity index (χ1n) is 7.22. The van der Waals surface area contributed by atoms with E-state index < -0.39 is 6.09 Å². The highest BCUT2D eigenvalue weighted by Crippen LogP contribution is 2.24. The molecule has 0 atom stereocenters. The lowest BCUT2D eigenvalue weighted by atomic mass is 10.3. The minimum absolute atomic E-state index is 0.0113. The molecule has 1 amide bonds. The number of aromatic nitrogens is 3. The molecule has 0 saturated carbocycles. The van der Waals surface area contributed by atoms with Crippen LogP contribution in [0.25, 0.3) is 0 Å². The molecule has 2 aromatic rings. The second kappa shape index (κ2) is 9.01. The molecule has 10 nitrogen and oxygen atoms in total. The number of hydrogen-bond donors (Lipinski definition) is 1. The van der Waals surface area contributed by atoms with Gasteiger partial charge in [0.05, 0.1) is 33.1 Å². The van der Waals surface area contributed by atoms with Crippen LogP contribution in [0.5, 0.6) is 23.5 Å². The summed E-state index contributed by atoms with van der Waals surface area (Å²) in [5, 5.41) is 3.75. The van der Waals surface area contributed by atoms with Crippen molar-refractivity contribution >= 4 is 12.3 Å². The molecule has 0 aliphatic heterocycles. The molecule has 1 N–H and O–H groups in total.